The zero-order chi connectivity index (χ0) is 13.1. The van der Waals surface area contributed by atoms with Crippen molar-refractivity contribution < 1.29 is 23.7 Å². The van der Waals surface area contributed by atoms with E-state index in [1.165, 1.54) is 6.08 Å². The molecule has 0 saturated carbocycles. The maximum absolute atomic E-state index is 11.6. The minimum absolute atomic E-state index is 0.117. The van der Waals surface area contributed by atoms with Gasteiger partial charge in [0.25, 0.3) is 0 Å². The van der Waals surface area contributed by atoms with E-state index in [1.54, 1.807) is 6.08 Å². The SMILES string of the molecule is O=C(/C=C/c1ccc2c(c1)OCO2)O[C@@H]1CCOC1. The summed E-state index contributed by atoms with van der Waals surface area (Å²) < 4.78 is 20.8. The molecule has 0 radical (unpaired) electrons. The van der Waals surface area contributed by atoms with Crippen molar-refractivity contribution in [3.8, 4) is 11.5 Å². The van der Waals surface area contributed by atoms with E-state index in [0.29, 0.717) is 19.0 Å². The first-order valence-electron chi connectivity index (χ1n) is 6.17. The predicted molar refractivity (Wildman–Crippen MR) is 66.9 cm³/mol. The molecule has 1 atom stereocenters. The molecule has 0 aliphatic carbocycles. The van der Waals surface area contributed by atoms with Crippen molar-refractivity contribution in [1.29, 1.82) is 0 Å². The average Bonchev–Trinajstić information content (AvgIpc) is 3.06. The molecule has 1 aromatic rings. The highest BCUT2D eigenvalue weighted by molar-refractivity contribution is 5.87. The number of ether oxygens (including phenoxy) is 4. The van der Waals surface area contributed by atoms with Gasteiger partial charge in [-0.05, 0) is 23.8 Å². The van der Waals surface area contributed by atoms with Gasteiger partial charge in [0.05, 0.1) is 13.2 Å². The first-order valence-corrected chi connectivity index (χ1v) is 6.17. The fourth-order valence-electron chi connectivity index (χ4n) is 1.99. The third kappa shape index (κ3) is 2.88. The number of esters is 1. The van der Waals surface area contributed by atoms with E-state index in [2.05, 4.69) is 0 Å². The lowest BCUT2D eigenvalue weighted by Crippen LogP contribution is -2.16. The van der Waals surface area contributed by atoms with Crippen LogP contribution in [0.1, 0.15) is 12.0 Å². The highest BCUT2D eigenvalue weighted by atomic mass is 16.7. The number of hydrogen-bond donors (Lipinski definition) is 0. The molecule has 1 aromatic carbocycles. The number of carbonyl (C=O) groups excluding carboxylic acids is 1. The third-order valence-corrected chi connectivity index (χ3v) is 2.98. The zero-order valence-electron chi connectivity index (χ0n) is 10.3. The molecule has 2 aliphatic rings. The molecule has 100 valence electrons. The Bertz CT molecular complexity index is 503. The van der Waals surface area contributed by atoms with Crippen LogP contribution >= 0.6 is 0 Å². The van der Waals surface area contributed by atoms with Crippen LogP contribution in [-0.2, 0) is 14.3 Å². The highest BCUT2D eigenvalue weighted by Gasteiger charge is 2.18. The van der Waals surface area contributed by atoms with Crippen LogP contribution in [0.4, 0.5) is 0 Å². The molecule has 0 spiro atoms. The van der Waals surface area contributed by atoms with Crippen LogP contribution in [0.15, 0.2) is 24.3 Å². The van der Waals surface area contributed by atoms with Crippen LogP contribution in [0.2, 0.25) is 0 Å². The lowest BCUT2D eigenvalue weighted by atomic mass is 10.2. The van der Waals surface area contributed by atoms with Gasteiger partial charge < -0.3 is 18.9 Å². The van der Waals surface area contributed by atoms with Crippen molar-refractivity contribution in [2.75, 3.05) is 20.0 Å². The Hall–Kier alpha value is -2.01. The number of rotatable bonds is 3. The first-order chi connectivity index (χ1) is 9.31. The van der Waals surface area contributed by atoms with Crippen molar-refractivity contribution in [1.82, 2.24) is 0 Å². The summed E-state index contributed by atoms with van der Waals surface area (Å²) in [7, 11) is 0. The summed E-state index contributed by atoms with van der Waals surface area (Å²) in [6, 6.07) is 5.50. The van der Waals surface area contributed by atoms with E-state index in [4.69, 9.17) is 18.9 Å². The molecule has 0 unspecified atom stereocenters. The molecule has 1 fully saturated rings. The van der Waals surface area contributed by atoms with E-state index >= 15 is 0 Å². The lowest BCUT2D eigenvalue weighted by molar-refractivity contribution is -0.142. The third-order valence-electron chi connectivity index (χ3n) is 2.98. The van der Waals surface area contributed by atoms with Crippen molar-refractivity contribution in [3.05, 3.63) is 29.8 Å². The maximum atomic E-state index is 11.6. The second-order valence-corrected chi connectivity index (χ2v) is 4.37. The lowest BCUT2D eigenvalue weighted by Gasteiger charge is -2.07. The smallest absolute Gasteiger partial charge is 0.331 e. The van der Waals surface area contributed by atoms with Crippen molar-refractivity contribution in [3.63, 3.8) is 0 Å². The molecule has 0 aromatic heterocycles. The highest BCUT2D eigenvalue weighted by Crippen LogP contribution is 2.32. The van der Waals surface area contributed by atoms with Crippen molar-refractivity contribution in [2.45, 2.75) is 12.5 Å². The zero-order valence-corrected chi connectivity index (χ0v) is 10.3. The second kappa shape index (κ2) is 5.32. The largest absolute Gasteiger partial charge is 0.457 e. The molecule has 2 heterocycles. The van der Waals surface area contributed by atoms with Crippen LogP contribution in [0.25, 0.3) is 6.08 Å². The van der Waals surface area contributed by atoms with Gasteiger partial charge >= 0.3 is 5.97 Å². The predicted octanol–water partition coefficient (Wildman–Crippen LogP) is 1.76. The topological polar surface area (TPSA) is 54.0 Å². The fraction of sp³-hybridized carbons (Fsp3) is 0.357. The molecular weight excluding hydrogens is 248 g/mol. The summed E-state index contributed by atoms with van der Waals surface area (Å²) in [6.07, 6.45) is 3.76. The Morgan fingerprint density at radius 1 is 1.32 bits per heavy atom. The summed E-state index contributed by atoms with van der Waals surface area (Å²) >= 11 is 0. The fourth-order valence-corrected chi connectivity index (χ4v) is 1.99. The monoisotopic (exact) mass is 262 g/mol. The van der Waals surface area contributed by atoms with E-state index in [-0.39, 0.29) is 18.9 Å². The van der Waals surface area contributed by atoms with Crippen LogP contribution < -0.4 is 9.47 Å². The minimum atomic E-state index is -0.354. The Balaban J connectivity index is 1.60. The quantitative estimate of drug-likeness (QED) is 0.613. The van der Waals surface area contributed by atoms with Crippen LogP contribution in [0.5, 0.6) is 11.5 Å². The Kier molecular flexibility index (Phi) is 3.37. The maximum Gasteiger partial charge on any atom is 0.331 e. The molecule has 5 nitrogen and oxygen atoms in total. The van der Waals surface area contributed by atoms with E-state index < -0.39 is 0 Å². The Morgan fingerprint density at radius 2 is 2.21 bits per heavy atom. The van der Waals surface area contributed by atoms with Crippen molar-refractivity contribution >= 4 is 12.0 Å². The van der Waals surface area contributed by atoms with Gasteiger partial charge in [0, 0.05) is 12.5 Å². The van der Waals surface area contributed by atoms with Crippen LogP contribution in [-0.4, -0.2) is 32.1 Å². The molecule has 0 bridgehead atoms. The summed E-state index contributed by atoms with van der Waals surface area (Å²) in [5, 5.41) is 0. The van der Waals surface area contributed by atoms with Gasteiger partial charge in [0.2, 0.25) is 6.79 Å². The van der Waals surface area contributed by atoms with Gasteiger partial charge in [0.1, 0.15) is 6.10 Å². The van der Waals surface area contributed by atoms with Gasteiger partial charge in [-0.1, -0.05) is 6.07 Å². The van der Waals surface area contributed by atoms with Crippen LogP contribution in [0.3, 0.4) is 0 Å². The normalized spacial score (nSPS) is 20.9. The summed E-state index contributed by atoms with van der Waals surface area (Å²) in [5.41, 5.74) is 0.865. The summed E-state index contributed by atoms with van der Waals surface area (Å²) in [5.74, 6) is 1.07. The van der Waals surface area contributed by atoms with E-state index in [9.17, 15) is 4.79 Å². The second-order valence-electron chi connectivity index (χ2n) is 4.37. The van der Waals surface area contributed by atoms with E-state index in [0.717, 1.165) is 17.7 Å². The van der Waals surface area contributed by atoms with Gasteiger partial charge in [-0.3, -0.25) is 0 Å². The standard InChI is InChI=1S/C14H14O5/c15-14(19-11-5-6-16-8-11)4-2-10-1-3-12-13(7-10)18-9-17-12/h1-4,7,11H,5-6,8-9H2/b4-2+/t11-/m1/s1. The van der Waals surface area contributed by atoms with Crippen LogP contribution in [0, 0.1) is 0 Å². The summed E-state index contributed by atoms with van der Waals surface area (Å²) in [4.78, 5) is 11.6. The number of benzene rings is 1. The molecule has 3 rings (SSSR count). The molecule has 5 heteroatoms. The van der Waals surface area contributed by atoms with Gasteiger partial charge in [0.15, 0.2) is 11.5 Å². The van der Waals surface area contributed by atoms with E-state index in [1.807, 2.05) is 18.2 Å². The van der Waals surface area contributed by atoms with Gasteiger partial charge in [-0.15, -0.1) is 0 Å². The molecule has 19 heavy (non-hydrogen) atoms. The Labute approximate surface area is 110 Å². The minimum Gasteiger partial charge on any atom is -0.457 e. The first kappa shape index (κ1) is 12.0. The number of hydrogen-bond acceptors (Lipinski definition) is 5. The molecule has 0 N–H and O–H groups in total. The molecule has 2 aliphatic heterocycles. The summed E-state index contributed by atoms with van der Waals surface area (Å²) in [6.45, 7) is 1.39. The molecule has 0 amide bonds. The van der Waals surface area contributed by atoms with Crippen molar-refractivity contribution in [2.24, 2.45) is 0 Å². The Morgan fingerprint density at radius 3 is 3.05 bits per heavy atom. The number of fused-ring (bicyclic) bond motifs is 1. The van der Waals surface area contributed by atoms with Gasteiger partial charge in [-0.25, -0.2) is 4.79 Å². The number of carbonyl (C=O) groups is 1. The molecule has 1 saturated heterocycles. The van der Waals surface area contributed by atoms with Gasteiger partial charge in [-0.2, -0.15) is 0 Å². The molecular formula is C14H14O5. The average molecular weight is 262 g/mol.